The van der Waals surface area contributed by atoms with Gasteiger partial charge in [-0.1, -0.05) is 75.2 Å². The van der Waals surface area contributed by atoms with Gasteiger partial charge in [-0.3, -0.25) is 4.99 Å². The van der Waals surface area contributed by atoms with Gasteiger partial charge in [0.15, 0.2) is 5.17 Å². The van der Waals surface area contributed by atoms with E-state index < -0.39 is 0 Å². The number of thioether (sulfide) groups is 1. The Balaban J connectivity index is 1.77. The first kappa shape index (κ1) is 16.4. The van der Waals surface area contributed by atoms with Crippen LogP contribution >= 0.6 is 11.8 Å². The summed E-state index contributed by atoms with van der Waals surface area (Å²) in [7, 11) is 0. The van der Waals surface area contributed by atoms with Crippen LogP contribution in [0.2, 0.25) is 0 Å². The van der Waals surface area contributed by atoms with Crippen LogP contribution < -0.4 is 5.32 Å². The lowest BCUT2D eigenvalue weighted by molar-refractivity contribution is 0.462. The molecule has 1 saturated heterocycles. The van der Waals surface area contributed by atoms with Crippen molar-refractivity contribution in [2.75, 3.05) is 12.3 Å². The van der Waals surface area contributed by atoms with Crippen LogP contribution in [0.15, 0.2) is 35.3 Å². The Kier molecular flexibility index (Phi) is 7.14. The summed E-state index contributed by atoms with van der Waals surface area (Å²) in [5.41, 5.74) is 1.41. The van der Waals surface area contributed by atoms with Gasteiger partial charge >= 0.3 is 0 Å². The van der Waals surface area contributed by atoms with Gasteiger partial charge in [0.25, 0.3) is 0 Å². The molecule has 0 amide bonds. The predicted molar refractivity (Wildman–Crippen MR) is 95.1 cm³/mol. The maximum absolute atomic E-state index is 4.81. The molecule has 1 aromatic carbocycles. The van der Waals surface area contributed by atoms with Crippen molar-refractivity contribution in [2.45, 2.75) is 52.0 Å². The summed E-state index contributed by atoms with van der Waals surface area (Å²) in [6.07, 6.45) is 6.29. The molecule has 116 valence electrons. The van der Waals surface area contributed by atoms with Crippen molar-refractivity contribution in [1.29, 1.82) is 0 Å². The maximum atomic E-state index is 4.81. The van der Waals surface area contributed by atoms with E-state index in [0.717, 1.165) is 29.8 Å². The van der Waals surface area contributed by atoms with E-state index >= 15 is 0 Å². The van der Waals surface area contributed by atoms with Crippen molar-refractivity contribution in [3.8, 4) is 0 Å². The summed E-state index contributed by atoms with van der Waals surface area (Å²) in [6.45, 7) is 5.54. The van der Waals surface area contributed by atoms with Crippen molar-refractivity contribution in [3.63, 3.8) is 0 Å². The van der Waals surface area contributed by atoms with Gasteiger partial charge in [-0.25, -0.2) is 0 Å². The van der Waals surface area contributed by atoms with Crippen LogP contribution in [0.1, 0.15) is 45.1 Å². The first-order valence-electron chi connectivity index (χ1n) is 8.29. The first-order chi connectivity index (χ1) is 10.3. The highest BCUT2D eigenvalue weighted by Crippen LogP contribution is 2.19. The number of hydrogen-bond acceptors (Lipinski definition) is 2. The molecule has 0 aromatic heterocycles. The number of aliphatic imine (C=N–C) groups is 1. The molecule has 1 fully saturated rings. The van der Waals surface area contributed by atoms with Crippen LogP contribution in [-0.2, 0) is 6.42 Å². The second-order valence-electron chi connectivity index (χ2n) is 5.90. The Morgan fingerprint density at radius 1 is 1.29 bits per heavy atom. The zero-order valence-corrected chi connectivity index (χ0v) is 14.2. The highest BCUT2D eigenvalue weighted by atomic mass is 32.2. The third-order valence-electron chi connectivity index (χ3n) is 4.11. The number of rotatable bonds is 8. The lowest BCUT2D eigenvalue weighted by atomic mass is 10.00. The molecule has 1 heterocycles. The quantitative estimate of drug-likeness (QED) is 0.764. The van der Waals surface area contributed by atoms with Crippen LogP contribution in [0.4, 0.5) is 0 Å². The molecule has 0 spiro atoms. The Morgan fingerprint density at radius 2 is 2.10 bits per heavy atom. The average Bonchev–Trinajstić information content (AvgIpc) is 2.96. The first-order valence-corrected chi connectivity index (χ1v) is 9.28. The lowest BCUT2D eigenvalue weighted by Gasteiger charge is -2.12. The number of hydrogen-bond donors (Lipinski definition) is 1. The lowest BCUT2D eigenvalue weighted by Crippen LogP contribution is -2.29. The van der Waals surface area contributed by atoms with Gasteiger partial charge in [-0.05, 0) is 24.3 Å². The Labute approximate surface area is 133 Å². The molecule has 2 atom stereocenters. The molecular weight excluding hydrogens is 276 g/mol. The molecular formula is C18H28N2S. The molecule has 0 aliphatic carbocycles. The van der Waals surface area contributed by atoms with E-state index in [2.05, 4.69) is 49.5 Å². The number of unbranched alkanes of at least 4 members (excludes halogenated alkanes) is 1. The Morgan fingerprint density at radius 3 is 2.81 bits per heavy atom. The van der Waals surface area contributed by atoms with Gasteiger partial charge in [-0.2, -0.15) is 0 Å². The van der Waals surface area contributed by atoms with E-state index in [9.17, 15) is 0 Å². The van der Waals surface area contributed by atoms with E-state index in [1.807, 2.05) is 11.8 Å². The van der Waals surface area contributed by atoms with Gasteiger partial charge in [-0.15, -0.1) is 0 Å². The Bertz CT molecular complexity index is 430. The minimum Gasteiger partial charge on any atom is -0.361 e. The third-order valence-corrected chi connectivity index (χ3v) is 5.20. The second kappa shape index (κ2) is 9.14. The van der Waals surface area contributed by atoms with Gasteiger partial charge in [0.05, 0.1) is 0 Å². The van der Waals surface area contributed by atoms with E-state index in [-0.39, 0.29) is 0 Å². The van der Waals surface area contributed by atoms with Gasteiger partial charge < -0.3 is 5.32 Å². The van der Waals surface area contributed by atoms with E-state index in [4.69, 9.17) is 4.99 Å². The molecule has 21 heavy (non-hydrogen) atoms. The molecule has 0 bridgehead atoms. The zero-order chi connectivity index (χ0) is 14.9. The molecule has 1 aliphatic heterocycles. The largest absolute Gasteiger partial charge is 0.361 e. The predicted octanol–water partition coefficient (Wildman–Crippen LogP) is 4.51. The van der Waals surface area contributed by atoms with Crippen molar-refractivity contribution in [3.05, 3.63) is 35.9 Å². The van der Waals surface area contributed by atoms with Gasteiger partial charge in [0.2, 0.25) is 0 Å². The highest BCUT2D eigenvalue weighted by Gasteiger charge is 2.20. The summed E-state index contributed by atoms with van der Waals surface area (Å²) < 4.78 is 0. The third kappa shape index (κ3) is 5.74. The van der Waals surface area contributed by atoms with Crippen LogP contribution in [0, 0.1) is 5.92 Å². The fraction of sp³-hybridized carbons (Fsp3) is 0.611. The summed E-state index contributed by atoms with van der Waals surface area (Å²) in [5, 5.41) is 4.75. The molecule has 2 nitrogen and oxygen atoms in total. The standard InChI is InChI=1S/C18H28N2S/c1-3-5-9-15(4-2)13-19-18-20-17(14-21-18)12-16-10-7-6-8-11-16/h6-8,10-11,15,17H,3-5,9,12-14H2,1-2H3,(H,19,20). The summed E-state index contributed by atoms with van der Waals surface area (Å²) in [4.78, 5) is 4.81. The molecule has 1 aromatic rings. The van der Waals surface area contributed by atoms with Crippen molar-refractivity contribution >= 4 is 16.9 Å². The van der Waals surface area contributed by atoms with Crippen LogP contribution in [0.3, 0.4) is 0 Å². The van der Waals surface area contributed by atoms with Crippen LogP contribution in [0.25, 0.3) is 0 Å². The maximum Gasteiger partial charge on any atom is 0.156 e. The number of nitrogens with one attached hydrogen (secondary N) is 1. The monoisotopic (exact) mass is 304 g/mol. The van der Waals surface area contributed by atoms with Crippen molar-refractivity contribution in [2.24, 2.45) is 10.9 Å². The van der Waals surface area contributed by atoms with E-state index in [1.165, 1.54) is 31.2 Å². The molecule has 0 radical (unpaired) electrons. The van der Waals surface area contributed by atoms with Gasteiger partial charge in [0.1, 0.15) is 0 Å². The number of nitrogens with zero attached hydrogens (tertiary/aromatic N) is 1. The minimum atomic E-state index is 0.534. The second-order valence-corrected chi connectivity index (χ2v) is 6.91. The molecule has 2 unspecified atom stereocenters. The molecule has 1 N–H and O–H groups in total. The molecule has 1 aliphatic rings. The van der Waals surface area contributed by atoms with Crippen molar-refractivity contribution < 1.29 is 0 Å². The highest BCUT2D eigenvalue weighted by molar-refractivity contribution is 8.14. The molecule has 0 saturated carbocycles. The topological polar surface area (TPSA) is 24.4 Å². The zero-order valence-electron chi connectivity index (χ0n) is 13.3. The van der Waals surface area contributed by atoms with E-state index in [0.29, 0.717) is 6.04 Å². The van der Waals surface area contributed by atoms with Crippen molar-refractivity contribution in [1.82, 2.24) is 5.32 Å². The molecule has 3 heteroatoms. The van der Waals surface area contributed by atoms with Crippen LogP contribution in [-0.4, -0.2) is 23.5 Å². The summed E-state index contributed by atoms with van der Waals surface area (Å²) in [5.74, 6) is 1.90. The normalized spacial score (nSPS) is 21.4. The summed E-state index contributed by atoms with van der Waals surface area (Å²) in [6, 6.07) is 11.3. The molecule has 2 rings (SSSR count). The fourth-order valence-corrected chi connectivity index (χ4v) is 3.64. The number of benzene rings is 1. The number of amidine groups is 1. The fourth-order valence-electron chi connectivity index (χ4n) is 2.67. The van der Waals surface area contributed by atoms with E-state index in [1.54, 1.807) is 0 Å². The van der Waals surface area contributed by atoms with Crippen LogP contribution in [0.5, 0.6) is 0 Å². The summed E-state index contributed by atoms with van der Waals surface area (Å²) >= 11 is 1.88. The van der Waals surface area contributed by atoms with Gasteiger partial charge in [0, 0.05) is 18.3 Å². The Hall–Kier alpha value is -0.960. The smallest absolute Gasteiger partial charge is 0.156 e. The SMILES string of the molecule is CCCCC(CC)CN=C1NC(Cc2ccccc2)CS1. The minimum absolute atomic E-state index is 0.534. The average molecular weight is 305 g/mol.